The number of aromatic amines is 1. The number of nitrogens with zero attached hydrogens (tertiary/aromatic N) is 1. The summed E-state index contributed by atoms with van der Waals surface area (Å²) in [7, 11) is 0. The van der Waals surface area contributed by atoms with Gasteiger partial charge in [-0.1, -0.05) is 48.5 Å². The van der Waals surface area contributed by atoms with E-state index in [1.165, 1.54) is 18.2 Å². The number of fused-ring (bicyclic) bond motifs is 4. The van der Waals surface area contributed by atoms with Crippen molar-refractivity contribution in [3.63, 3.8) is 0 Å². The maximum absolute atomic E-state index is 14.7. The Morgan fingerprint density at radius 3 is 2.53 bits per heavy atom. The lowest BCUT2D eigenvalue weighted by molar-refractivity contribution is -0.0336. The highest BCUT2D eigenvalue weighted by atomic mass is 19.1. The van der Waals surface area contributed by atoms with E-state index >= 15 is 0 Å². The molecule has 0 saturated carbocycles. The third-order valence-electron chi connectivity index (χ3n) is 10.6. The Bertz CT molecular complexity index is 2230. The van der Waals surface area contributed by atoms with Crippen LogP contribution in [0.5, 0.6) is 11.5 Å². The van der Waals surface area contributed by atoms with Crippen LogP contribution in [0, 0.1) is 11.7 Å². The number of benzene rings is 4. The number of aliphatic hydroxyl groups excluding tert-OH is 1. The number of esters is 1. The van der Waals surface area contributed by atoms with E-state index in [0.29, 0.717) is 47.6 Å². The van der Waals surface area contributed by atoms with Crippen LogP contribution in [0.3, 0.4) is 0 Å². The normalized spacial score (nSPS) is 18.5. The molecule has 8 rings (SSSR count). The van der Waals surface area contributed by atoms with Crippen molar-refractivity contribution in [1.82, 2.24) is 20.5 Å². The Balaban J connectivity index is 0.883. The number of nitrogens with one attached hydrogen (secondary N) is 3. The molecule has 5 aromatic rings. The molecule has 1 aromatic heterocycles. The van der Waals surface area contributed by atoms with Crippen LogP contribution in [-0.2, 0) is 16.1 Å². The Labute approximate surface area is 329 Å². The first-order valence-electron chi connectivity index (χ1n) is 19.4. The molecule has 3 aliphatic rings. The fourth-order valence-corrected chi connectivity index (χ4v) is 7.64. The van der Waals surface area contributed by atoms with E-state index in [4.69, 9.17) is 14.2 Å². The zero-order chi connectivity index (χ0) is 39.7. The van der Waals surface area contributed by atoms with Crippen molar-refractivity contribution >= 4 is 23.0 Å². The molecular formula is C44H47FN4O8. The van der Waals surface area contributed by atoms with Crippen LogP contribution in [-0.4, -0.2) is 77.6 Å². The number of hydrogen-bond acceptors (Lipinski definition) is 10. The van der Waals surface area contributed by atoms with Crippen molar-refractivity contribution in [1.29, 1.82) is 0 Å². The third-order valence-corrected chi connectivity index (χ3v) is 10.6. The summed E-state index contributed by atoms with van der Waals surface area (Å²) in [6, 6.07) is 26.4. The number of aromatic nitrogens is 1. The van der Waals surface area contributed by atoms with Gasteiger partial charge in [-0.05, 0) is 116 Å². The number of hydrogen-bond donors (Lipinski definition) is 5. The van der Waals surface area contributed by atoms with Crippen LogP contribution < -0.4 is 20.9 Å². The summed E-state index contributed by atoms with van der Waals surface area (Å²) in [5, 5.41) is 27.6. The van der Waals surface area contributed by atoms with Gasteiger partial charge in [-0.3, -0.25) is 9.69 Å². The second kappa shape index (κ2) is 18.5. The molecule has 298 valence electrons. The number of amides is 1. The minimum absolute atomic E-state index is 0.0120. The average Bonchev–Trinajstić information content (AvgIpc) is 3.22. The third kappa shape index (κ3) is 10.2. The first kappa shape index (κ1) is 39.5. The number of carbonyl (C=O) groups excluding carboxylic acids is 2. The number of phenols is 1. The zero-order valence-electron chi connectivity index (χ0n) is 31.5. The number of unbranched alkanes of at least 4 members (excludes halogenated alkanes) is 1. The molecule has 1 unspecified atom stereocenters. The van der Waals surface area contributed by atoms with Gasteiger partial charge in [0.05, 0.1) is 29.8 Å². The smallest absolute Gasteiger partial charge is 0.408 e. The first-order chi connectivity index (χ1) is 27.7. The van der Waals surface area contributed by atoms with E-state index in [1.54, 1.807) is 24.3 Å². The fraction of sp³-hybridized carbons (Fsp3) is 0.341. The molecule has 12 nitrogen and oxygen atoms in total. The van der Waals surface area contributed by atoms with E-state index in [2.05, 4.69) is 20.5 Å². The number of pyridine rings is 1. The average molecular weight is 779 g/mol. The van der Waals surface area contributed by atoms with Gasteiger partial charge >= 0.3 is 12.1 Å². The summed E-state index contributed by atoms with van der Waals surface area (Å²) < 4.78 is 32.1. The molecule has 2 bridgehead atoms. The van der Waals surface area contributed by atoms with Crippen molar-refractivity contribution in [2.75, 3.05) is 39.3 Å². The predicted molar refractivity (Wildman–Crippen MR) is 212 cm³/mol. The van der Waals surface area contributed by atoms with Gasteiger partial charge in [0.1, 0.15) is 30.0 Å². The summed E-state index contributed by atoms with van der Waals surface area (Å²) in [4.78, 5) is 42.7. The van der Waals surface area contributed by atoms with E-state index in [-0.39, 0.29) is 48.3 Å². The number of ether oxygens (including phenoxy) is 3. The number of H-pyrrole nitrogens is 1. The number of halogens is 1. The molecule has 0 radical (unpaired) electrons. The van der Waals surface area contributed by atoms with Crippen LogP contribution in [0.2, 0.25) is 0 Å². The molecule has 3 aliphatic heterocycles. The Hall–Kier alpha value is -5.76. The van der Waals surface area contributed by atoms with Gasteiger partial charge in [0.2, 0.25) is 5.56 Å². The maximum Gasteiger partial charge on any atom is 0.408 e. The van der Waals surface area contributed by atoms with Gasteiger partial charge in [0.25, 0.3) is 0 Å². The second-order valence-electron chi connectivity index (χ2n) is 14.6. The molecular weight excluding hydrogens is 732 g/mol. The van der Waals surface area contributed by atoms with E-state index in [9.17, 15) is 29.0 Å². The van der Waals surface area contributed by atoms with Crippen LogP contribution in [0.15, 0.2) is 102 Å². The number of aromatic hydroxyl groups is 1. The summed E-state index contributed by atoms with van der Waals surface area (Å²) in [6.07, 6.45) is 1.78. The zero-order valence-corrected chi connectivity index (χ0v) is 31.5. The van der Waals surface area contributed by atoms with E-state index in [0.717, 1.165) is 49.7 Å². The largest absolute Gasteiger partial charge is 0.506 e. The minimum Gasteiger partial charge on any atom is -0.506 e. The molecule has 0 aliphatic carbocycles. The van der Waals surface area contributed by atoms with Crippen molar-refractivity contribution in [3.8, 4) is 11.5 Å². The molecule has 4 heterocycles. The highest BCUT2D eigenvalue weighted by molar-refractivity contribution is 5.89. The Kier molecular flexibility index (Phi) is 12.8. The maximum atomic E-state index is 14.7. The van der Waals surface area contributed by atoms with E-state index < -0.39 is 30.0 Å². The topological polar surface area (TPSA) is 162 Å². The van der Waals surface area contributed by atoms with Gasteiger partial charge < -0.3 is 40.0 Å². The number of aliphatic hydroxyl groups is 1. The molecule has 13 heteroatoms. The lowest BCUT2D eigenvalue weighted by Gasteiger charge is -2.43. The molecule has 3 saturated heterocycles. The van der Waals surface area contributed by atoms with Crippen LogP contribution in [0.25, 0.3) is 10.9 Å². The quantitative estimate of drug-likeness (QED) is 0.0583. The monoisotopic (exact) mass is 778 g/mol. The van der Waals surface area contributed by atoms with Gasteiger partial charge in [-0.2, -0.15) is 0 Å². The molecule has 57 heavy (non-hydrogen) atoms. The predicted octanol–water partition coefficient (Wildman–Crippen LogP) is 6.12. The van der Waals surface area contributed by atoms with Gasteiger partial charge in [-0.25, -0.2) is 14.0 Å². The number of carbonyl (C=O) groups is 2. The second-order valence-corrected chi connectivity index (χ2v) is 14.6. The fourth-order valence-electron chi connectivity index (χ4n) is 7.64. The molecule has 4 aromatic carbocycles. The molecule has 1 amide bonds. The Morgan fingerprint density at radius 2 is 1.74 bits per heavy atom. The first-order valence-corrected chi connectivity index (χ1v) is 19.4. The number of piperidine rings is 3. The summed E-state index contributed by atoms with van der Waals surface area (Å²) in [6.45, 7) is 3.75. The number of alkyl carbamates (subject to hydrolysis) is 1. The van der Waals surface area contributed by atoms with Crippen molar-refractivity contribution in [2.45, 2.75) is 50.5 Å². The highest BCUT2D eigenvalue weighted by Crippen LogP contribution is 2.31. The van der Waals surface area contributed by atoms with Crippen molar-refractivity contribution < 1.29 is 38.4 Å². The van der Waals surface area contributed by atoms with Crippen molar-refractivity contribution in [3.05, 3.63) is 141 Å². The Morgan fingerprint density at radius 1 is 0.930 bits per heavy atom. The minimum atomic E-state index is -0.884. The summed E-state index contributed by atoms with van der Waals surface area (Å²) in [5.41, 5.74) is 2.66. The van der Waals surface area contributed by atoms with Crippen LogP contribution in [0.1, 0.15) is 70.4 Å². The summed E-state index contributed by atoms with van der Waals surface area (Å²) >= 11 is 0. The van der Waals surface area contributed by atoms with Crippen LogP contribution >= 0.6 is 0 Å². The molecule has 3 atom stereocenters. The summed E-state index contributed by atoms with van der Waals surface area (Å²) in [5.74, 6) is -0.436. The lowest BCUT2D eigenvalue weighted by atomic mass is 9.86. The number of phenolic OH excluding ortho intramolecular Hbond substituents is 1. The lowest BCUT2D eigenvalue weighted by Crippen LogP contribution is -2.52. The van der Waals surface area contributed by atoms with Crippen LogP contribution in [0.4, 0.5) is 9.18 Å². The standard InChI is InChI=1S/C44H47FN4O8/c45-33-22-28(21-32(23-33)43(53)55-20-5-4-17-46-25-38(51)35-11-13-37(50)42-36(35)12-14-40(52)47-42)27-56-34-10-6-9-31(24-34)41(30-7-2-1-3-8-30)48-44(54)57-39-26-49-18-15-29(39)16-19-49/h1-3,6-14,21-24,29,38-39,41,46,50-51H,4-5,15-20,25-27H2,(H,47,52)(H,48,54)/t38-,39+,41?/m1/s1. The highest BCUT2D eigenvalue weighted by Gasteiger charge is 2.37. The van der Waals surface area contributed by atoms with Gasteiger partial charge in [0, 0.05) is 24.5 Å². The molecule has 0 spiro atoms. The SMILES string of the molecule is O=C(NC(c1ccccc1)c1cccc(OCc2cc(F)cc(C(=O)OCCCCNC[C@@H](O)c3ccc(O)c4[nH]c(=O)ccc34)c2)c1)O[C@H]1CN2CCC1CC2. The number of rotatable bonds is 16. The van der Waals surface area contributed by atoms with Gasteiger partial charge in [0.15, 0.2) is 0 Å². The van der Waals surface area contributed by atoms with Gasteiger partial charge in [-0.15, -0.1) is 0 Å². The molecule has 5 N–H and O–H groups in total. The molecule has 3 fully saturated rings. The van der Waals surface area contributed by atoms with Crippen molar-refractivity contribution in [2.24, 2.45) is 5.92 Å². The van der Waals surface area contributed by atoms with E-state index in [1.807, 2.05) is 48.5 Å².